The standard InChI is InChI=1S/C4H11NO.BH3/c1-3-4-5-6-2;/h5H,3-4H2,1-2H3;1H3. The fourth-order valence-electron chi connectivity index (χ4n) is 0.204. The average Bonchev–Trinajstić information content (AvgIpc) is 1.61. The molecule has 3 heteroatoms. The fourth-order valence-corrected chi connectivity index (χ4v) is 0.204. The summed E-state index contributed by atoms with van der Waals surface area (Å²) < 4.78 is 0. The van der Waals surface area contributed by atoms with Crippen LogP contribution in [0.3, 0.4) is 0 Å². The van der Waals surface area contributed by atoms with Gasteiger partial charge in [-0.1, -0.05) is 6.92 Å². The predicted octanol–water partition coefficient (Wildman–Crippen LogP) is -0.637. The van der Waals surface area contributed by atoms with Crippen molar-refractivity contribution in [3.63, 3.8) is 0 Å². The molecule has 0 amide bonds. The Labute approximate surface area is 46.8 Å². The van der Waals surface area contributed by atoms with Crippen LogP contribution in [-0.4, -0.2) is 22.1 Å². The van der Waals surface area contributed by atoms with E-state index in [4.69, 9.17) is 0 Å². The van der Waals surface area contributed by atoms with E-state index in [2.05, 4.69) is 17.2 Å². The van der Waals surface area contributed by atoms with Gasteiger partial charge in [-0.3, -0.25) is 0 Å². The van der Waals surface area contributed by atoms with Crippen molar-refractivity contribution in [2.45, 2.75) is 13.3 Å². The molecular weight excluding hydrogens is 88.9 g/mol. The summed E-state index contributed by atoms with van der Waals surface area (Å²) in [4.78, 5) is 4.53. The van der Waals surface area contributed by atoms with E-state index in [0.717, 1.165) is 13.0 Å². The molecule has 0 aromatic rings. The molecule has 0 aliphatic heterocycles. The highest BCUT2D eigenvalue weighted by atomic mass is 16.6. The van der Waals surface area contributed by atoms with Gasteiger partial charge in [-0.25, -0.2) is 5.48 Å². The second-order valence-electron chi connectivity index (χ2n) is 1.10. The normalized spacial score (nSPS) is 7.71. The van der Waals surface area contributed by atoms with Gasteiger partial charge in [-0.15, -0.1) is 0 Å². The maximum absolute atomic E-state index is 4.53. The van der Waals surface area contributed by atoms with Crippen molar-refractivity contribution in [1.29, 1.82) is 0 Å². The van der Waals surface area contributed by atoms with Crippen LogP contribution >= 0.6 is 0 Å². The molecule has 0 rings (SSSR count). The van der Waals surface area contributed by atoms with Crippen LogP contribution in [0.2, 0.25) is 0 Å². The average molecular weight is 103 g/mol. The quantitative estimate of drug-likeness (QED) is 0.291. The summed E-state index contributed by atoms with van der Waals surface area (Å²) in [5, 5.41) is 0. The van der Waals surface area contributed by atoms with Crippen LogP contribution in [0.1, 0.15) is 13.3 Å². The molecule has 7 heavy (non-hydrogen) atoms. The van der Waals surface area contributed by atoms with E-state index in [9.17, 15) is 0 Å². The summed E-state index contributed by atoms with van der Waals surface area (Å²) in [5.41, 5.74) is 2.70. The van der Waals surface area contributed by atoms with Crippen LogP contribution in [0.4, 0.5) is 0 Å². The van der Waals surface area contributed by atoms with Gasteiger partial charge in [0.15, 0.2) is 0 Å². The van der Waals surface area contributed by atoms with Crippen molar-refractivity contribution in [2.24, 2.45) is 0 Å². The Bertz CT molecular complexity index is 23.7. The summed E-state index contributed by atoms with van der Waals surface area (Å²) >= 11 is 0. The van der Waals surface area contributed by atoms with Gasteiger partial charge in [0.25, 0.3) is 0 Å². The van der Waals surface area contributed by atoms with Crippen molar-refractivity contribution in [3.8, 4) is 0 Å². The molecule has 44 valence electrons. The van der Waals surface area contributed by atoms with E-state index in [0.29, 0.717) is 0 Å². The first-order valence-corrected chi connectivity index (χ1v) is 2.17. The lowest BCUT2D eigenvalue weighted by atomic mass is 10.5. The molecule has 0 atom stereocenters. The van der Waals surface area contributed by atoms with Crippen LogP contribution in [-0.2, 0) is 4.84 Å². The van der Waals surface area contributed by atoms with Crippen LogP contribution < -0.4 is 5.48 Å². The first-order chi connectivity index (χ1) is 2.91. The lowest BCUT2D eigenvalue weighted by Crippen LogP contribution is -2.11. The molecule has 0 aromatic heterocycles. The van der Waals surface area contributed by atoms with Crippen molar-refractivity contribution < 1.29 is 4.84 Å². The largest absolute Gasteiger partial charge is 0.305 e. The van der Waals surface area contributed by atoms with Gasteiger partial charge in [0, 0.05) is 6.54 Å². The molecule has 0 fully saturated rings. The number of hydrogen-bond donors (Lipinski definition) is 1. The second-order valence-corrected chi connectivity index (χ2v) is 1.10. The second kappa shape index (κ2) is 9.37. The van der Waals surface area contributed by atoms with Crippen LogP contribution in [0, 0.1) is 0 Å². The lowest BCUT2D eigenvalue weighted by Gasteiger charge is -1.93. The maximum atomic E-state index is 4.53. The molecule has 0 aromatic carbocycles. The number of nitrogens with one attached hydrogen (secondary N) is 1. The van der Waals surface area contributed by atoms with Gasteiger partial charge in [-0.05, 0) is 6.42 Å². The molecule has 1 N–H and O–H groups in total. The zero-order valence-electron chi connectivity index (χ0n) is 4.32. The Balaban J connectivity index is 0. The highest BCUT2D eigenvalue weighted by molar-refractivity contribution is 5.75. The van der Waals surface area contributed by atoms with Crippen LogP contribution in [0.5, 0.6) is 0 Å². The third kappa shape index (κ3) is 10.7. The predicted molar refractivity (Wildman–Crippen MR) is 35.2 cm³/mol. The Morgan fingerprint density at radius 2 is 2.14 bits per heavy atom. The minimum atomic E-state index is 0. The van der Waals surface area contributed by atoms with E-state index in [1.54, 1.807) is 7.11 Å². The summed E-state index contributed by atoms with van der Waals surface area (Å²) in [6, 6.07) is 0. The minimum absolute atomic E-state index is 0. The van der Waals surface area contributed by atoms with E-state index >= 15 is 0 Å². The third-order valence-corrected chi connectivity index (χ3v) is 0.496. The van der Waals surface area contributed by atoms with Gasteiger partial charge in [0.05, 0.1) is 15.5 Å². The summed E-state index contributed by atoms with van der Waals surface area (Å²) in [5.74, 6) is 0. The first kappa shape index (κ1) is 10.1. The molecule has 0 bridgehead atoms. The fraction of sp³-hybridized carbons (Fsp3) is 1.00. The van der Waals surface area contributed by atoms with E-state index in [-0.39, 0.29) is 8.41 Å². The SMILES string of the molecule is B.CCCNOC. The molecule has 0 spiro atoms. The summed E-state index contributed by atoms with van der Waals surface area (Å²) in [6.07, 6.45) is 1.12. The van der Waals surface area contributed by atoms with Crippen molar-refractivity contribution in [3.05, 3.63) is 0 Å². The van der Waals surface area contributed by atoms with Gasteiger partial charge in [-0.2, -0.15) is 0 Å². The number of hydrogen-bond acceptors (Lipinski definition) is 2. The monoisotopic (exact) mass is 103 g/mol. The molecular formula is C4H14BNO. The molecule has 0 saturated heterocycles. The topological polar surface area (TPSA) is 21.3 Å². The zero-order valence-corrected chi connectivity index (χ0v) is 4.32. The van der Waals surface area contributed by atoms with Crippen LogP contribution in [0.25, 0.3) is 0 Å². The van der Waals surface area contributed by atoms with E-state index < -0.39 is 0 Å². The minimum Gasteiger partial charge on any atom is -0.305 e. The molecule has 0 heterocycles. The van der Waals surface area contributed by atoms with Gasteiger partial charge in [0.1, 0.15) is 0 Å². The number of hydroxylamine groups is 1. The molecule has 0 saturated carbocycles. The number of rotatable bonds is 3. The van der Waals surface area contributed by atoms with Crippen molar-refractivity contribution >= 4 is 8.41 Å². The molecule has 0 aliphatic carbocycles. The third-order valence-electron chi connectivity index (χ3n) is 0.496. The smallest absolute Gasteiger partial charge is 0.0814 e. The highest BCUT2D eigenvalue weighted by Crippen LogP contribution is 1.65. The summed E-state index contributed by atoms with van der Waals surface area (Å²) in [6.45, 7) is 3.03. The van der Waals surface area contributed by atoms with E-state index in [1.807, 2.05) is 0 Å². The molecule has 0 unspecified atom stereocenters. The van der Waals surface area contributed by atoms with Gasteiger partial charge < -0.3 is 4.84 Å². The lowest BCUT2D eigenvalue weighted by molar-refractivity contribution is 0.0920. The molecule has 0 aliphatic rings. The highest BCUT2D eigenvalue weighted by Gasteiger charge is 1.71. The van der Waals surface area contributed by atoms with E-state index in [1.165, 1.54) is 0 Å². The maximum Gasteiger partial charge on any atom is 0.0814 e. The molecule has 0 radical (unpaired) electrons. The van der Waals surface area contributed by atoms with Crippen molar-refractivity contribution in [1.82, 2.24) is 5.48 Å². The van der Waals surface area contributed by atoms with Gasteiger partial charge in [0.2, 0.25) is 0 Å². The molecule has 2 nitrogen and oxygen atoms in total. The zero-order chi connectivity index (χ0) is 4.83. The Morgan fingerprint density at radius 1 is 1.57 bits per heavy atom. The van der Waals surface area contributed by atoms with Crippen LogP contribution in [0.15, 0.2) is 0 Å². The first-order valence-electron chi connectivity index (χ1n) is 2.17. The van der Waals surface area contributed by atoms with Gasteiger partial charge >= 0.3 is 0 Å². The Kier molecular flexibility index (Phi) is 13.5. The Hall–Kier alpha value is -0.0151. The van der Waals surface area contributed by atoms with Crippen molar-refractivity contribution in [2.75, 3.05) is 13.7 Å². The Morgan fingerprint density at radius 3 is 2.29 bits per heavy atom. The summed E-state index contributed by atoms with van der Waals surface area (Å²) in [7, 11) is 1.62.